The van der Waals surface area contributed by atoms with E-state index in [1.807, 2.05) is 6.07 Å². The van der Waals surface area contributed by atoms with Crippen LogP contribution < -0.4 is 5.32 Å². The maximum atomic E-state index is 12.6. The third kappa shape index (κ3) is 5.48. The quantitative estimate of drug-likeness (QED) is 0.245. The Hall–Kier alpha value is -2.43. The number of thioether (sulfide) groups is 1. The fourth-order valence-electron chi connectivity index (χ4n) is 3.84. The van der Waals surface area contributed by atoms with Crippen LogP contribution in [-0.4, -0.2) is 31.3 Å². The fraction of sp³-hybridized carbons (Fsp3) is 0.381. The van der Waals surface area contributed by atoms with E-state index in [4.69, 9.17) is 11.6 Å². The highest BCUT2D eigenvalue weighted by atomic mass is 35.5. The lowest BCUT2D eigenvalue weighted by atomic mass is 9.95. The van der Waals surface area contributed by atoms with E-state index in [0.29, 0.717) is 6.04 Å². The van der Waals surface area contributed by atoms with Gasteiger partial charge in [-0.1, -0.05) is 48.7 Å². The summed E-state index contributed by atoms with van der Waals surface area (Å²) in [6.07, 6.45) is 6.48. The van der Waals surface area contributed by atoms with Crippen LogP contribution in [0, 0.1) is 10.1 Å². The summed E-state index contributed by atoms with van der Waals surface area (Å²) < 4.78 is 2.21. The predicted molar refractivity (Wildman–Crippen MR) is 127 cm³/mol. The average Bonchev–Trinajstić information content (AvgIpc) is 3.44. The SMILES string of the molecule is O=C(CSc1nnc(Cc2cccs2)n1C1CCCCC1)Nc1cc([N+](=O)[O-])ccc1Cl. The van der Waals surface area contributed by atoms with Gasteiger partial charge in [0.1, 0.15) is 5.82 Å². The number of aromatic nitrogens is 3. The lowest BCUT2D eigenvalue weighted by molar-refractivity contribution is -0.384. The first kappa shape index (κ1) is 22.8. The van der Waals surface area contributed by atoms with Crippen LogP contribution in [0.25, 0.3) is 0 Å². The Labute approximate surface area is 198 Å². The highest BCUT2D eigenvalue weighted by Gasteiger charge is 2.24. The number of carbonyl (C=O) groups is 1. The van der Waals surface area contributed by atoms with Crippen LogP contribution in [-0.2, 0) is 11.2 Å². The van der Waals surface area contributed by atoms with Crippen LogP contribution in [0.3, 0.4) is 0 Å². The lowest BCUT2D eigenvalue weighted by Crippen LogP contribution is -2.18. The monoisotopic (exact) mass is 491 g/mol. The van der Waals surface area contributed by atoms with E-state index in [1.165, 1.54) is 54.1 Å². The van der Waals surface area contributed by atoms with Crippen LogP contribution in [0.2, 0.25) is 5.02 Å². The Balaban J connectivity index is 1.47. The molecule has 0 bridgehead atoms. The summed E-state index contributed by atoms with van der Waals surface area (Å²) in [5, 5.41) is 25.5. The number of nitro benzene ring substituents is 1. The molecule has 3 aromatic rings. The molecule has 0 spiro atoms. The molecule has 0 radical (unpaired) electrons. The highest BCUT2D eigenvalue weighted by molar-refractivity contribution is 7.99. The second-order valence-electron chi connectivity index (χ2n) is 7.57. The van der Waals surface area contributed by atoms with Gasteiger partial charge in [-0.05, 0) is 30.4 Å². The first-order valence-electron chi connectivity index (χ1n) is 10.3. The summed E-state index contributed by atoms with van der Waals surface area (Å²) in [5.41, 5.74) is 0.0891. The van der Waals surface area contributed by atoms with Gasteiger partial charge in [0.15, 0.2) is 5.16 Å². The molecule has 1 aliphatic carbocycles. The average molecular weight is 492 g/mol. The number of amides is 1. The minimum absolute atomic E-state index is 0.100. The number of carbonyl (C=O) groups excluding carboxylic acids is 1. The van der Waals surface area contributed by atoms with Crippen molar-refractivity contribution in [2.24, 2.45) is 0 Å². The molecule has 32 heavy (non-hydrogen) atoms. The van der Waals surface area contributed by atoms with Crippen molar-refractivity contribution in [3.63, 3.8) is 0 Å². The third-order valence-corrected chi connectivity index (χ3v) is 7.50. The van der Waals surface area contributed by atoms with Crippen LogP contribution in [0.4, 0.5) is 11.4 Å². The van der Waals surface area contributed by atoms with E-state index in [9.17, 15) is 14.9 Å². The number of anilines is 1. The number of thiophene rings is 1. The minimum atomic E-state index is -0.525. The molecule has 1 fully saturated rings. The lowest BCUT2D eigenvalue weighted by Gasteiger charge is -2.25. The molecule has 2 aromatic heterocycles. The van der Waals surface area contributed by atoms with Gasteiger partial charge in [-0.3, -0.25) is 14.9 Å². The Morgan fingerprint density at radius 1 is 1.28 bits per heavy atom. The molecule has 1 amide bonds. The smallest absolute Gasteiger partial charge is 0.271 e. The molecule has 11 heteroatoms. The molecule has 0 atom stereocenters. The summed E-state index contributed by atoms with van der Waals surface area (Å²) in [6, 6.07) is 8.42. The fourth-order valence-corrected chi connectivity index (χ4v) is 5.53. The van der Waals surface area contributed by atoms with E-state index in [1.54, 1.807) is 11.3 Å². The Kier molecular flexibility index (Phi) is 7.44. The third-order valence-electron chi connectivity index (χ3n) is 5.35. The number of non-ortho nitro benzene ring substituents is 1. The van der Waals surface area contributed by atoms with E-state index in [-0.39, 0.29) is 28.1 Å². The molecule has 8 nitrogen and oxygen atoms in total. The number of hydrogen-bond donors (Lipinski definition) is 1. The van der Waals surface area contributed by atoms with E-state index in [0.717, 1.165) is 30.2 Å². The van der Waals surface area contributed by atoms with Crippen molar-refractivity contribution in [1.29, 1.82) is 0 Å². The molecule has 1 aliphatic rings. The number of hydrogen-bond acceptors (Lipinski definition) is 7. The zero-order valence-corrected chi connectivity index (χ0v) is 19.6. The number of nitrogens with one attached hydrogen (secondary N) is 1. The van der Waals surface area contributed by atoms with Gasteiger partial charge in [-0.2, -0.15) is 0 Å². The maximum absolute atomic E-state index is 12.6. The molecular formula is C21H22ClN5O3S2. The Bertz CT molecular complexity index is 1100. The van der Waals surface area contributed by atoms with Crippen LogP contribution in [0.15, 0.2) is 40.9 Å². The zero-order valence-electron chi connectivity index (χ0n) is 17.2. The van der Waals surface area contributed by atoms with Gasteiger partial charge in [0, 0.05) is 29.5 Å². The van der Waals surface area contributed by atoms with Gasteiger partial charge in [-0.25, -0.2) is 0 Å². The van der Waals surface area contributed by atoms with Crippen LogP contribution in [0.1, 0.15) is 48.8 Å². The van der Waals surface area contributed by atoms with E-state index >= 15 is 0 Å². The highest BCUT2D eigenvalue weighted by Crippen LogP contribution is 2.34. The normalized spacial score (nSPS) is 14.4. The molecule has 1 N–H and O–H groups in total. The summed E-state index contributed by atoms with van der Waals surface area (Å²) in [5.74, 6) is 0.711. The van der Waals surface area contributed by atoms with Gasteiger partial charge >= 0.3 is 0 Å². The number of nitro groups is 1. The summed E-state index contributed by atoms with van der Waals surface area (Å²) >= 11 is 9.11. The molecule has 0 saturated heterocycles. The topological polar surface area (TPSA) is 103 Å². The van der Waals surface area contributed by atoms with Gasteiger partial charge in [0.05, 0.1) is 21.4 Å². The van der Waals surface area contributed by atoms with Crippen molar-refractivity contribution in [1.82, 2.24) is 14.8 Å². The molecule has 0 unspecified atom stereocenters. The molecule has 4 rings (SSSR count). The summed E-state index contributed by atoms with van der Waals surface area (Å²) in [4.78, 5) is 24.2. The second-order valence-corrected chi connectivity index (χ2v) is 9.96. The summed E-state index contributed by atoms with van der Waals surface area (Å²) in [7, 11) is 0. The van der Waals surface area contributed by atoms with E-state index < -0.39 is 4.92 Å². The molecule has 168 valence electrons. The standard InChI is InChI=1S/C21H22ClN5O3S2/c22-17-9-8-15(27(29)30)11-18(17)23-20(28)13-32-21-25-24-19(12-16-7-4-10-31-16)26(21)14-5-2-1-3-6-14/h4,7-11,14H,1-3,5-6,12-13H2,(H,23,28). The number of benzene rings is 1. The minimum Gasteiger partial charge on any atom is -0.324 e. The van der Waals surface area contributed by atoms with Crippen molar-refractivity contribution in [2.75, 3.05) is 11.1 Å². The van der Waals surface area contributed by atoms with Crippen LogP contribution in [0.5, 0.6) is 0 Å². The van der Waals surface area contributed by atoms with Crippen molar-refractivity contribution in [2.45, 2.75) is 49.7 Å². The van der Waals surface area contributed by atoms with Crippen molar-refractivity contribution in [3.8, 4) is 0 Å². The van der Waals surface area contributed by atoms with Gasteiger partial charge in [0.2, 0.25) is 5.91 Å². The Morgan fingerprint density at radius 2 is 2.09 bits per heavy atom. The number of nitrogens with zero attached hydrogens (tertiary/aromatic N) is 4. The van der Waals surface area contributed by atoms with E-state index in [2.05, 4.69) is 31.5 Å². The first-order chi connectivity index (χ1) is 15.5. The predicted octanol–water partition coefficient (Wildman–Crippen LogP) is 5.73. The Morgan fingerprint density at radius 3 is 2.81 bits per heavy atom. The van der Waals surface area contributed by atoms with Crippen molar-refractivity contribution in [3.05, 3.63) is 61.6 Å². The van der Waals surface area contributed by atoms with Gasteiger partial charge in [-0.15, -0.1) is 21.5 Å². The largest absolute Gasteiger partial charge is 0.324 e. The zero-order chi connectivity index (χ0) is 22.5. The van der Waals surface area contributed by atoms with Gasteiger partial charge in [0.25, 0.3) is 5.69 Å². The van der Waals surface area contributed by atoms with Crippen LogP contribution >= 0.6 is 34.7 Å². The van der Waals surface area contributed by atoms with Gasteiger partial charge < -0.3 is 9.88 Å². The number of halogens is 1. The molecule has 0 aliphatic heterocycles. The summed E-state index contributed by atoms with van der Waals surface area (Å²) in [6.45, 7) is 0. The van der Waals surface area contributed by atoms with Crippen molar-refractivity contribution < 1.29 is 9.72 Å². The molecule has 1 aromatic carbocycles. The molecule has 2 heterocycles. The van der Waals surface area contributed by atoms with Crippen molar-refractivity contribution >= 4 is 52.0 Å². The molecular weight excluding hydrogens is 470 g/mol. The molecule has 1 saturated carbocycles. The first-order valence-corrected chi connectivity index (χ1v) is 12.6. The number of rotatable bonds is 8. The second kappa shape index (κ2) is 10.5. The maximum Gasteiger partial charge on any atom is 0.271 e.